The van der Waals surface area contributed by atoms with Crippen molar-refractivity contribution in [1.29, 1.82) is 0 Å². The fourth-order valence-corrected chi connectivity index (χ4v) is 2.40. The van der Waals surface area contributed by atoms with Gasteiger partial charge in [-0.05, 0) is 36.0 Å². The molecule has 0 bridgehead atoms. The largest absolute Gasteiger partial charge is 0.480 e. The average Bonchev–Trinajstić information content (AvgIpc) is 2.51. The van der Waals surface area contributed by atoms with E-state index in [0.717, 1.165) is 0 Å². The van der Waals surface area contributed by atoms with Crippen LogP contribution in [-0.4, -0.2) is 35.5 Å². The predicted molar refractivity (Wildman–Crippen MR) is 91.5 cm³/mol. The lowest BCUT2D eigenvalue weighted by molar-refractivity contribution is -0.142. The Morgan fingerprint density at radius 1 is 1.16 bits per heavy atom. The van der Waals surface area contributed by atoms with E-state index in [9.17, 15) is 18.8 Å². The van der Waals surface area contributed by atoms with Crippen LogP contribution in [0.2, 0.25) is 0 Å². The third-order valence-electron chi connectivity index (χ3n) is 3.70. The maximum absolute atomic E-state index is 13.2. The molecule has 0 fully saturated rings. The summed E-state index contributed by atoms with van der Waals surface area (Å²) in [5, 5.41) is 13.9. The van der Waals surface area contributed by atoms with Gasteiger partial charge >= 0.3 is 5.97 Å². The smallest absolute Gasteiger partial charge is 0.326 e. The van der Waals surface area contributed by atoms with Gasteiger partial charge in [-0.15, -0.1) is 0 Å². The van der Waals surface area contributed by atoms with E-state index in [1.54, 1.807) is 19.1 Å². The van der Waals surface area contributed by atoms with Crippen molar-refractivity contribution >= 4 is 17.8 Å². The zero-order valence-corrected chi connectivity index (χ0v) is 14.7. The summed E-state index contributed by atoms with van der Waals surface area (Å²) < 4.78 is 13.2. The molecular formula is C18H25FN2O4. The lowest BCUT2D eigenvalue weighted by atomic mass is 9.97. The molecule has 0 saturated carbocycles. The van der Waals surface area contributed by atoms with E-state index >= 15 is 0 Å². The van der Waals surface area contributed by atoms with Gasteiger partial charge in [0.2, 0.25) is 11.8 Å². The normalized spacial score (nSPS) is 13.2. The minimum Gasteiger partial charge on any atom is -0.480 e. The van der Waals surface area contributed by atoms with Crippen LogP contribution >= 0.6 is 0 Å². The molecule has 1 aromatic rings. The lowest BCUT2D eigenvalue weighted by Crippen LogP contribution is -2.46. The van der Waals surface area contributed by atoms with Gasteiger partial charge in [0.1, 0.15) is 11.9 Å². The zero-order valence-electron chi connectivity index (χ0n) is 14.7. The standard InChI is InChI=1S/C18H25FN2O4/c1-11(2)7-15(18(24)25)21-17(23)10-20-16(22)8-12(3)13-5-4-6-14(19)9-13/h4-6,9,11-12,15H,7-8,10H2,1-3H3,(H,20,22)(H,21,23)(H,24,25)/t12?,15-/m0/s1. The number of halogens is 1. The molecule has 0 saturated heterocycles. The number of hydrogen-bond donors (Lipinski definition) is 3. The van der Waals surface area contributed by atoms with Gasteiger partial charge < -0.3 is 15.7 Å². The van der Waals surface area contributed by atoms with Gasteiger partial charge in [0, 0.05) is 6.42 Å². The monoisotopic (exact) mass is 352 g/mol. The maximum Gasteiger partial charge on any atom is 0.326 e. The minimum absolute atomic E-state index is 0.102. The van der Waals surface area contributed by atoms with Crippen molar-refractivity contribution in [3.63, 3.8) is 0 Å². The second kappa shape index (κ2) is 9.76. The number of hydrogen-bond acceptors (Lipinski definition) is 3. The van der Waals surface area contributed by atoms with Crippen molar-refractivity contribution in [2.45, 2.75) is 45.6 Å². The van der Waals surface area contributed by atoms with Crippen LogP contribution in [0.1, 0.15) is 45.1 Å². The molecule has 7 heteroatoms. The minimum atomic E-state index is -1.10. The number of carbonyl (C=O) groups excluding carboxylic acids is 2. The summed E-state index contributed by atoms with van der Waals surface area (Å²) in [5.41, 5.74) is 0.697. The molecule has 1 unspecified atom stereocenters. The van der Waals surface area contributed by atoms with Crippen molar-refractivity contribution in [2.24, 2.45) is 5.92 Å². The first-order valence-corrected chi connectivity index (χ1v) is 8.23. The summed E-state index contributed by atoms with van der Waals surface area (Å²) in [6, 6.07) is 5.03. The van der Waals surface area contributed by atoms with Crippen molar-refractivity contribution in [3.8, 4) is 0 Å². The second-order valence-electron chi connectivity index (χ2n) is 6.52. The molecule has 0 spiro atoms. The summed E-state index contributed by atoms with van der Waals surface area (Å²) in [7, 11) is 0. The van der Waals surface area contributed by atoms with E-state index in [-0.39, 0.29) is 36.5 Å². The number of aliphatic carboxylic acids is 1. The van der Waals surface area contributed by atoms with Crippen LogP contribution in [0, 0.1) is 11.7 Å². The molecule has 1 aromatic carbocycles. The average molecular weight is 352 g/mol. The van der Waals surface area contributed by atoms with Gasteiger partial charge in [0.15, 0.2) is 0 Å². The highest BCUT2D eigenvalue weighted by Crippen LogP contribution is 2.19. The molecule has 0 heterocycles. The second-order valence-corrected chi connectivity index (χ2v) is 6.52. The molecule has 6 nitrogen and oxygen atoms in total. The van der Waals surface area contributed by atoms with Crippen LogP contribution < -0.4 is 10.6 Å². The highest BCUT2D eigenvalue weighted by molar-refractivity contribution is 5.88. The van der Waals surface area contributed by atoms with E-state index in [0.29, 0.717) is 12.0 Å². The molecule has 2 atom stereocenters. The van der Waals surface area contributed by atoms with Crippen LogP contribution in [-0.2, 0) is 14.4 Å². The highest BCUT2D eigenvalue weighted by atomic mass is 19.1. The quantitative estimate of drug-likeness (QED) is 0.634. The van der Waals surface area contributed by atoms with Crippen LogP contribution in [0.15, 0.2) is 24.3 Å². The van der Waals surface area contributed by atoms with E-state index in [4.69, 9.17) is 5.11 Å². The number of carbonyl (C=O) groups is 3. The van der Waals surface area contributed by atoms with Crippen molar-refractivity contribution in [3.05, 3.63) is 35.6 Å². The van der Waals surface area contributed by atoms with E-state index in [1.165, 1.54) is 12.1 Å². The van der Waals surface area contributed by atoms with Gasteiger partial charge in [-0.1, -0.05) is 32.9 Å². The number of benzene rings is 1. The first-order valence-electron chi connectivity index (χ1n) is 8.23. The number of nitrogens with one attached hydrogen (secondary N) is 2. The maximum atomic E-state index is 13.2. The number of rotatable bonds is 9. The SMILES string of the molecule is CC(C)C[C@H](NC(=O)CNC(=O)CC(C)c1cccc(F)c1)C(=O)O. The number of amides is 2. The van der Waals surface area contributed by atoms with Gasteiger partial charge in [-0.2, -0.15) is 0 Å². The Morgan fingerprint density at radius 2 is 1.84 bits per heavy atom. The summed E-state index contributed by atoms with van der Waals surface area (Å²) in [6.45, 7) is 5.21. The van der Waals surface area contributed by atoms with E-state index in [2.05, 4.69) is 10.6 Å². The first kappa shape index (κ1) is 20.6. The summed E-state index contributed by atoms with van der Waals surface area (Å²) in [6.07, 6.45) is 0.413. The topological polar surface area (TPSA) is 95.5 Å². The molecule has 0 aliphatic heterocycles. The molecule has 0 aliphatic rings. The molecule has 138 valence electrons. The summed E-state index contributed by atoms with van der Waals surface area (Å²) >= 11 is 0. The summed E-state index contributed by atoms with van der Waals surface area (Å²) in [4.78, 5) is 34.8. The first-order chi connectivity index (χ1) is 11.7. The van der Waals surface area contributed by atoms with Crippen LogP contribution in [0.25, 0.3) is 0 Å². The molecule has 3 N–H and O–H groups in total. The highest BCUT2D eigenvalue weighted by Gasteiger charge is 2.21. The predicted octanol–water partition coefficient (Wildman–Crippen LogP) is 2.05. The molecule has 0 aromatic heterocycles. The third-order valence-corrected chi connectivity index (χ3v) is 3.70. The van der Waals surface area contributed by atoms with Crippen LogP contribution in [0.4, 0.5) is 4.39 Å². The molecule has 25 heavy (non-hydrogen) atoms. The Labute approximate surface area is 146 Å². The van der Waals surface area contributed by atoms with E-state index < -0.39 is 17.9 Å². The van der Waals surface area contributed by atoms with E-state index in [1.807, 2.05) is 13.8 Å². The van der Waals surface area contributed by atoms with Gasteiger partial charge in [0.05, 0.1) is 6.54 Å². The third kappa shape index (κ3) is 7.78. The Bertz CT molecular complexity index is 619. The molecular weight excluding hydrogens is 327 g/mol. The Kier molecular flexibility index (Phi) is 8.04. The van der Waals surface area contributed by atoms with Gasteiger partial charge in [-0.25, -0.2) is 9.18 Å². The Morgan fingerprint density at radius 3 is 2.40 bits per heavy atom. The number of carboxylic acid groups (broad SMARTS) is 1. The summed E-state index contributed by atoms with van der Waals surface area (Å²) in [5.74, 6) is -2.47. The molecule has 2 amide bonds. The number of carboxylic acids is 1. The van der Waals surface area contributed by atoms with Crippen molar-refractivity contribution in [2.75, 3.05) is 6.54 Å². The molecule has 0 radical (unpaired) electrons. The van der Waals surface area contributed by atoms with Gasteiger partial charge in [0.25, 0.3) is 0 Å². The fraction of sp³-hybridized carbons (Fsp3) is 0.500. The Hall–Kier alpha value is -2.44. The van der Waals surface area contributed by atoms with Crippen LogP contribution in [0.3, 0.4) is 0 Å². The molecule has 0 aliphatic carbocycles. The lowest BCUT2D eigenvalue weighted by Gasteiger charge is -2.17. The van der Waals surface area contributed by atoms with Crippen molar-refractivity contribution < 1.29 is 23.9 Å². The van der Waals surface area contributed by atoms with Crippen LogP contribution in [0.5, 0.6) is 0 Å². The van der Waals surface area contributed by atoms with Crippen molar-refractivity contribution in [1.82, 2.24) is 10.6 Å². The Balaban J connectivity index is 2.44. The van der Waals surface area contributed by atoms with Gasteiger partial charge in [-0.3, -0.25) is 9.59 Å². The zero-order chi connectivity index (χ0) is 19.0. The molecule has 1 rings (SSSR count). The fourth-order valence-electron chi connectivity index (χ4n) is 2.40.